The molecule has 1 amide bonds. The van der Waals surface area contributed by atoms with E-state index in [1.165, 1.54) is 0 Å². The fourth-order valence-corrected chi connectivity index (χ4v) is 3.26. The summed E-state index contributed by atoms with van der Waals surface area (Å²) in [6.45, 7) is 2.31. The Morgan fingerprint density at radius 2 is 1.96 bits per heavy atom. The standard InChI is InChI=1S/C19H22ClNO3S/c1-14(24-17-8-5-7-16(12-17)23-2)19(22)21-10-11-25-13-15-6-3-4-9-18(15)20/h3-9,12,14H,10-11,13H2,1-2H3,(H,21,22)/t14-/m0/s1. The zero-order chi connectivity index (χ0) is 18.1. The predicted octanol–water partition coefficient (Wildman–Crippen LogP) is 4.17. The first kappa shape index (κ1) is 19.5. The molecule has 0 aliphatic heterocycles. The van der Waals surface area contributed by atoms with Gasteiger partial charge in [0.25, 0.3) is 5.91 Å². The Morgan fingerprint density at radius 3 is 2.72 bits per heavy atom. The van der Waals surface area contributed by atoms with E-state index in [9.17, 15) is 4.79 Å². The summed E-state index contributed by atoms with van der Waals surface area (Å²) in [6, 6.07) is 15.0. The van der Waals surface area contributed by atoms with E-state index in [1.54, 1.807) is 37.9 Å². The summed E-state index contributed by atoms with van der Waals surface area (Å²) in [7, 11) is 1.59. The summed E-state index contributed by atoms with van der Waals surface area (Å²) in [5.41, 5.74) is 1.11. The van der Waals surface area contributed by atoms with Crippen LogP contribution in [0, 0.1) is 0 Å². The van der Waals surface area contributed by atoms with Crippen LogP contribution in [0.25, 0.3) is 0 Å². The summed E-state index contributed by atoms with van der Waals surface area (Å²) >= 11 is 7.85. The van der Waals surface area contributed by atoms with Crippen LogP contribution in [0.4, 0.5) is 0 Å². The number of benzene rings is 2. The molecule has 0 aliphatic rings. The van der Waals surface area contributed by atoms with Crippen LogP contribution in [0.2, 0.25) is 5.02 Å². The van der Waals surface area contributed by atoms with Crippen LogP contribution in [0.15, 0.2) is 48.5 Å². The third kappa shape index (κ3) is 6.52. The van der Waals surface area contributed by atoms with Crippen LogP contribution < -0.4 is 14.8 Å². The second-order valence-corrected chi connectivity index (χ2v) is 6.89. The minimum absolute atomic E-state index is 0.138. The third-order valence-corrected chi connectivity index (χ3v) is 4.86. The first-order valence-electron chi connectivity index (χ1n) is 7.99. The maximum Gasteiger partial charge on any atom is 0.260 e. The van der Waals surface area contributed by atoms with Crippen molar-refractivity contribution in [2.24, 2.45) is 0 Å². The molecule has 0 aliphatic carbocycles. The Morgan fingerprint density at radius 1 is 1.20 bits per heavy atom. The molecule has 1 N–H and O–H groups in total. The fraction of sp³-hybridized carbons (Fsp3) is 0.316. The van der Waals surface area contributed by atoms with Gasteiger partial charge in [-0.25, -0.2) is 0 Å². The van der Waals surface area contributed by atoms with E-state index < -0.39 is 6.10 Å². The second kappa shape index (κ2) is 10.2. The van der Waals surface area contributed by atoms with Gasteiger partial charge in [-0.1, -0.05) is 35.9 Å². The number of thioether (sulfide) groups is 1. The van der Waals surface area contributed by atoms with Gasteiger partial charge in [-0.15, -0.1) is 0 Å². The summed E-state index contributed by atoms with van der Waals surface area (Å²) < 4.78 is 10.8. The molecule has 25 heavy (non-hydrogen) atoms. The van der Waals surface area contributed by atoms with E-state index in [-0.39, 0.29) is 5.91 Å². The Bertz CT molecular complexity index is 696. The monoisotopic (exact) mass is 379 g/mol. The molecular weight excluding hydrogens is 358 g/mol. The highest BCUT2D eigenvalue weighted by atomic mass is 35.5. The zero-order valence-corrected chi connectivity index (χ0v) is 15.9. The average molecular weight is 380 g/mol. The topological polar surface area (TPSA) is 47.6 Å². The van der Waals surface area contributed by atoms with Crippen molar-refractivity contribution < 1.29 is 14.3 Å². The lowest BCUT2D eigenvalue weighted by Crippen LogP contribution is -2.37. The first-order valence-corrected chi connectivity index (χ1v) is 9.53. The molecule has 2 aromatic carbocycles. The van der Waals surface area contributed by atoms with Gasteiger partial charge in [0.15, 0.2) is 6.10 Å². The molecule has 4 nitrogen and oxygen atoms in total. The van der Waals surface area contributed by atoms with E-state index in [0.717, 1.165) is 22.1 Å². The molecule has 2 rings (SSSR count). The number of halogens is 1. The molecular formula is C19H22ClNO3S. The van der Waals surface area contributed by atoms with E-state index in [4.69, 9.17) is 21.1 Å². The van der Waals surface area contributed by atoms with Crippen molar-refractivity contribution in [2.45, 2.75) is 18.8 Å². The molecule has 0 bridgehead atoms. The quantitative estimate of drug-likeness (QED) is 0.664. The maximum absolute atomic E-state index is 12.1. The number of ether oxygens (including phenoxy) is 2. The van der Waals surface area contributed by atoms with Crippen LogP contribution in [0.3, 0.4) is 0 Å². The van der Waals surface area contributed by atoms with Gasteiger partial charge in [-0.3, -0.25) is 4.79 Å². The Labute approximate surface area is 157 Å². The number of amides is 1. The van der Waals surface area contributed by atoms with Crippen LogP contribution in [0.5, 0.6) is 11.5 Å². The molecule has 0 saturated heterocycles. The molecule has 0 radical (unpaired) electrons. The van der Waals surface area contributed by atoms with Crippen molar-refractivity contribution in [3.8, 4) is 11.5 Å². The first-order chi connectivity index (χ1) is 12.1. The summed E-state index contributed by atoms with van der Waals surface area (Å²) in [5, 5.41) is 3.66. The number of hydrogen-bond donors (Lipinski definition) is 1. The van der Waals surface area contributed by atoms with Gasteiger partial charge in [0.05, 0.1) is 7.11 Å². The highest BCUT2D eigenvalue weighted by molar-refractivity contribution is 7.98. The molecule has 0 aromatic heterocycles. The van der Waals surface area contributed by atoms with E-state index >= 15 is 0 Å². The molecule has 2 aromatic rings. The van der Waals surface area contributed by atoms with Gasteiger partial charge in [-0.2, -0.15) is 11.8 Å². The summed E-state index contributed by atoms with van der Waals surface area (Å²) in [5.74, 6) is 2.80. The number of nitrogens with one attached hydrogen (secondary N) is 1. The van der Waals surface area contributed by atoms with Crippen LogP contribution in [-0.4, -0.2) is 31.4 Å². The number of carbonyl (C=O) groups is 1. The van der Waals surface area contributed by atoms with E-state index in [0.29, 0.717) is 18.0 Å². The van der Waals surface area contributed by atoms with Gasteiger partial charge in [0, 0.05) is 29.1 Å². The molecule has 0 fully saturated rings. The van der Waals surface area contributed by atoms with Gasteiger partial charge in [0.2, 0.25) is 0 Å². The van der Waals surface area contributed by atoms with Crippen molar-refractivity contribution in [3.63, 3.8) is 0 Å². The molecule has 0 saturated carbocycles. The summed E-state index contributed by atoms with van der Waals surface area (Å²) in [4.78, 5) is 12.1. The van der Waals surface area contributed by atoms with Gasteiger partial charge < -0.3 is 14.8 Å². The fourth-order valence-electron chi connectivity index (χ4n) is 2.12. The SMILES string of the molecule is COc1cccc(O[C@@H](C)C(=O)NCCSCc2ccccc2Cl)c1. The van der Waals surface area contributed by atoms with Crippen molar-refractivity contribution in [2.75, 3.05) is 19.4 Å². The Hall–Kier alpha value is -1.85. The van der Waals surface area contributed by atoms with Gasteiger partial charge in [-0.05, 0) is 30.7 Å². The largest absolute Gasteiger partial charge is 0.497 e. The average Bonchev–Trinajstić information content (AvgIpc) is 2.62. The number of hydrogen-bond acceptors (Lipinski definition) is 4. The molecule has 134 valence electrons. The van der Waals surface area contributed by atoms with Crippen molar-refractivity contribution in [3.05, 3.63) is 59.1 Å². The summed E-state index contributed by atoms with van der Waals surface area (Å²) in [6.07, 6.45) is -0.569. The second-order valence-electron chi connectivity index (χ2n) is 5.37. The highest BCUT2D eigenvalue weighted by Crippen LogP contribution is 2.21. The van der Waals surface area contributed by atoms with E-state index in [1.807, 2.05) is 36.4 Å². The van der Waals surface area contributed by atoms with Gasteiger partial charge >= 0.3 is 0 Å². The van der Waals surface area contributed by atoms with Crippen LogP contribution >= 0.6 is 23.4 Å². The zero-order valence-electron chi connectivity index (χ0n) is 14.3. The lowest BCUT2D eigenvalue weighted by molar-refractivity contribution is -0.127. The lowest BCUT2D eigenvalue weighted by atomic mass is 10.2. The van der Waals surface area contributed by atoms with Crippen LogP contribution in [-0.2, 0) is 10.5 Å². The molecule has 0 heterocycles. The molecule has 0 spiro atoms. The number of methoxy groups -OCH3 is 1. The normalized spacial score (nSPS) is 11.6. The Balaban J connectivity index is 1.68. The molecule has 1 atom stereocenters. The molecule has 6 heteroatoms. The number of carbonyl (C=O) groups excluding carboxylic acids is 1. The smallest absolute Gasteiger partial charge is 0.260 e. The minimum atomic E-state index is -0.569. The van der Waals surface area contributed by atoms with E-state index in [2.05, 4.69) is 5.32 Å². The molecule has 0 unspecified atom stereocenters. The van der Waals surface area contributed by atoms with Crippen molar-refractivity contribution >= 4 is 29.3 Å². The minimum Gasteiger partial charge on any atom is -0.497 e. The Kier molecular flexibility index (Phi) is 7.95. The van der Waals surface area contributed by atoms with Crippen molar-refractivity contribution in [1.82, 2.24) is 5.32 Å². The lowest BCUT2D eigenvalue weighted by Gasteiger charge is -2.15. The van der Waals surface area contributed by atoms with Crippen molar-refractivity contribution in [1.29, 1.82) is 0 Å². The van der Waals surface area contributed by atoms with Gasteiger partial charge in [0.1, 0.15) is 11.5 Å². The highest BCUT2D eigenvalue weighted by Gasteiger charge is 2.14. The maximum atomic E-state index is 12.1. The third-order valence-electron chi connectivity index (χ3n) is 3.48. The van der Waals surface area contributed by atoms with Crippen LogP contribution in [0.1, 0.15) is 12.5 Å². The number of rotatable bonds is 9. The predicted molar refractivity (Wildman–Crippen MR) is 104 cm³/mol.